The molecule has 0 aliphatic heterocycles. The van der Waals surface area contributed by atoms with Crippen molar-refractivity contribution in [3.63, 3.8) is 0 Å². The zero-order valence-electron chi connectivity index (χ0n) is 9.62. The van der Waals surface area contributed by atoms with Gasteiger partial charge in [0.15, 0.2) is 0 Å². The molecule has 0 aliphatic rings. The monoisotopic (exact) mass is 285 g/mol. The summed E-state index contributed by atoms with van der Waals surface area (Å²) in [5.74, 6) is -0.550. The van der Waals surface area contributed by atoms with Crippen molar-refractivity contribution in [3.05, 3.63) is 34.9 Å². The maximum Gasteiger partial charge on any atom is 0.416 e. The average Bonchev–Trinajstić information content (AvgIpc) is 2.23. The summed E-state index contributed by atoms with van der Waals surface area (Å²) in [5.41, 5.74) is -3.07. The molecule has 1 aromatic rings. The van der Waals surface area contributed by atoms with Crippen LogP contribution in [0.5, 0.6) is 0 Å². The molecule has 0 saturated carbocycles. The molecule has 0 bridgehead atoms. The van der Waals surface area contributed by atoms with Gasteiger partial charge in [-0.05, 0) is 23.8 Å². The number of hydrogen-bond donors (Lipinski definition) is 1. The van der Waals surface area contributed by atoms with E-state index in [-0.39, 0.29) is 11.6 Å². The molecule has 0 spiro atoms. The first-order valence-electron chi connectivity index (χ1n) is 5.03. The largest absolute Gasteiger partial charge is 0.416 e. The Bertz CT molecular complexity index is 445. The summed E-state index contributed by atoms with van der Waals surface area (Å²) in [6.45, 7) is 0.709. The van der Waals surface area contributed by atoms with Gasteiger partial charge in [-0.15, -0.1) is 0 Å². The summed E-state index contributed by atoms with van der Waals surface area (Å²) in [7, 11) is 0. The van der Waals surface area contributed by atoms with Crippen LogP contribution in [0.1, 0.15) is 23.6 Å². The first-order chi connectivity index (χ1) is 8.50. The van der Waals surface area contributed by atoms with Gasteiger partial charge < -0.3 is 5.32 Å². The van der Waals surface area contributed by atoms with E-state index in [9.17, 15) is 31.1 Å². The number of hydrogen-bond acceptors (Lipinski definition) is 1. The van der Waals surface area contributed by atoms with Crippen LogP contribution in [0, 0.1) is 0 Å². The molecule has 0 aliphatic carbocycles. The molecule has 106 valence electrons. The molecule has 0 heterocycles. The van der Waals surface area contributed by atoms with Crippen LogP contribution < -0.4 is 5.32 Å². The number of amides is 1. The fraction of sp³-hybridized carbons (Fsp3) is 0.364. The number of nitrogens with one attached hydrogen (secondary N) is 1. The molecular weight excluding hydrogens is 276 g/mol. The Labute approximate surface area is 104 Å². The van der Waals surface area contributed by atoms with Crippen LogP contribution in [0.4, 0.5) is 26.3 Å². The molecule has 8 heteroatoms. The van der Waals surface area contributed by atoms with Crippen molar-refractivity contribution < 1.29 is 31.1 Å². The topological polar surface area (TPSA) is 29.1 Å². The molecule has 1 amide bonds. The van der Waals surface area contributed by atoms with Gasteiger partial charge in [-0.2, -0.15) is 26.3 Å². The van der Waals surface area contributed by atoms with Crippen LogP contribution in [0.2, 0.25) is 0 Å². The normalized spacial score (nSPS) is 12.4. The minimum atomic E-state index is -4.88. The molecule has 0 radical (unpaired) electrons. The number of rotatable bonds is 2. The second-order valence-electron chi connectivity index (χ2n) is 3.82. The molecule has 2 nitrogen and oxygen atoms in total. The van der Waals surface area contributed by atoms with Crippen LogP contribution in [-0.2, 0) is 23.7 Å². The number of carbonyl (C=O) groups excluding carboxylic acids is 1. The molecule has 0 unspecified atom stereocenters. The number of alkyl halides is 6. The summed E-state index contributed by atoms with van der Waals surface area (Å²) in [4.78, 5) is 10.6. The van der Waals surface area contributed by atoms with E-state index >= 15 is 0 Å². The molecule has 0 fully saturated rings. The van der Waals surface area contributed by atoms with Crippen molar-refractivity contribution in [1.82, 2.24) is 5.32 Å². The Morgan fingerprint density at radius 1 is 1.00 bits per heavy atom. The maximum atomic E-state index is 12.5. The fourth-order valence-corrected chi connectivity index (χ4v) is 1.35. The molecule has 0 atom stereocenters. The van der Waals surface area contributed by atoms with Crippen LogP contribution in [0.15, 0.2) is 18.2 Å². The van der Waals surface area contributed by atoms with Crippen molar-refractivity contribution in [2.45, 2.75) is 25.8 Å². The van der Waals surface area contributed by atoms with E-state index in [1.54, 1.807) is 0 Å². The summed E-state index contributed by atoms with van der Waals surface area (Å²) < 4.78 is 74.9. The van der Waals surface area contributed by atoms with Gasteiger partial charge in [0.05, 0.1) is 11.1 Å². The van der Waals surface area contributed by atoms with E-state index in [1.807, 2.05) is 0 Å². The second kappa shape index (κ2) is 5.10. The summed E-state index contributed by atoms with van der Waals surface area (Å²) in [5, 5.41) is 2.15. The third-order valence-electron chi connectivity index (χ3n) is 2.19. The number of carbonyl (C=O) groups is 1. The van der Waals surface area contributed by atoms with Gasteiger partial charge in [0.1, 0.15) is 0 Å². The highest BCUT2D eigenvalue weighted by Gasteiger charge is 2.36. The minimum absolute atomic E-state index is 0.0390. The highest BCUT2D eigenvalue weighted by molar-refractivity contribution is 5.72. The molecule has 0 saturated heterocycles. The van der Waals surface area contributed by atoms with Crippen molar-refractivity contribution in [3.8, 4) is 0 Å². The predicted octanol–water partition coefficient (Wildman–Crippen LogP) is 3.36. The van der Waals surface area contributed by atoms with E-state index in [0.29, 0.717) is 12.1 Å². The van der Waals surface area contributed by atoms with E-state index in [2.05, 4.69) is 5.32 Å². The number of halogens is 6. The lowest BCUT2D eigenvalue weighted by Crippen LogP contribution is -2.20. The Kier molecular flexibility index (Phi) is 4.12. The van der Waals surface area contributed by atoms with Gasteiger partial charge >= 0.3 is 12.4 Å². The third kappa shape index (κ3) is 4.46. The van der Waals surface area contributed by atoms with Crippen LogP contribution in [0.25, 0.3) is 0 Å². The van der Waals surface area contributed by atoms with Crippen LogP contribution >= 0.6 is 0 Å². The Morgan fingerprint density at radius 3 is 1.74 bits per heavy atom. The first-order valence-corrected chi connectivity index (χ1v) is 5.03. The summed E-state index contributed by atoms with van der Waals surface area (Å²) >= 11 is 0. The predicted molar refractivity (Wildman–Crippen MR) is 54.0 cm³/mol. The molecule has 0 aromatic heterocycles. The Morgan fingerprint density at radius 2 is 1.42 bits per heavy atom. The minimum Gasteiger partial charge on any atom is -0.352 e. The Hall–Kier alpha value is -1.73. The fourth-order valence-electron chi connectivity index (χ4n) is 1.35. The zero-order chi connectivity index (χ0) is 14.8. The van der Waals surface area contributed by atoms with Crippen molar-refractivity contribution in [2.75, 3.05) is 0 Å². The molecule has 1 rings (SSSR count). The SMILES string of the molecule is CC(=O)NCc1cc(C(F)(F)F)cc(C(F)(F)F)c1. The van der Waals surface area contributed by atoms with Crippen molar-refractivity contribution in [2.24, 2.45) is 0 Å². The lowest BCUT2D eigenvalue weighted by Gasteiger charge is -2.14. The molecular formula is C11H9F6NO. The maximum absolute atomic E-state index is 12.5. The summed E-state index contributed by atoms with van der Waals surface area (Å²) in [6, 6.07) is 1.19. The molecule has 1 aromatic carbocycles. The van der Waals surface area contributed by atoms with Gasteiger partial charge in [-0.3, -0.25) is 4.79 Å². The zero-order valence-corrected chi connectivity index (χ0v) is 9.62. The van der Waals surface area contributed by atoms with Gasteiger partial charge in [0.25, 0.3) is 0 Å². The lowest BCUT2D eigenvalue weighted by molar-refractivity contribution is -0.143. The highest BCUT2D eigenvalue weighted by atomic mass is 19.4. The van der Waals surface area contributed by atoms with E-state index in [4.69, 9.17) is 0 Å². The lowest BCUT2D eigenvalue weighted by atomic mass is 10.0. The van der Waals surface area contributed by atoms with Gasteiger partial charge in [0, 0.05) is 13.5 Å². The van der Waals surface area contributed by atoms with Crippen LogP contribution in [-0.4, -0.2) is 5.91 Å². The number of benzene rings is 1. The van der Waals surface area contributed by atoms with Crippen molar-refractivity contribution in [1.29, 1.82) is 0 Å². The van der Waals surface area contributed by atoms with Gasteiger partial charge in [-0.1, -0.05) is 0 Å². The highest BCUT2D eigenvalue weighted by Crippen LogP contribution is 2.36. The van der Waals surface area contributed by atoms with E-state index in [1.165, 1.54) is 0 Å². The smallest absolute Gasteiger partial charge is 0.352 e. The Balaban J connectivity index is 3.21. The van der Waals surface area contributed by atoms with E-state index < -0.39 is 35.9 Å². The van der Waals surface area contributed by atoms with Crippen LogP contribution in [0.3, 0.4) is 0 Å². The van der Waals surface area contributed by atoms with Gasteiger partial charge in [-0.25, -0.2) is 0 Å². The quantitative estimate of drug-likeness (QED) is 0.829. The second-order valence-corrected chi connectivity index (χ2v) is 3.82. The van der Waals surface area contributed by atoms with Gasteiger partial charge in [0.2, 0.25) is 5.91 Å². The first kappa shape index (κ1) is 15.3. The molecule has 19 heavy (non-hydrogen) atoms. The third-order valence-corrected chi connectivity index (χ3v) is 2.19. The van der Waals surface area contributed by atoms with Crippen molar-refractivity contribution >= 4 is 5.91 Å². The standard InChI is InChI=1S/C11H9F6NO/c1-6(19)18-5-7-2-8(10(12,13)14)4-9(3-7)11(15,16)17/h2-4H,5H2,1H3,(H,18,19). The average molecular weight is 285 g/mol. The molecule has 1 N–H and O–H groups in total. The van der Waals surface area contributed by atoms with E-state index in [0.717, 1.165) is 6.92 Å². The summed E-state index contributed by atoms with van der Waals surface area (Å²) in [6.07, 6.45) is -9.77.